The smallest absolute Gasteiger partial charge is 0.276 e. The van der Waals surface area contributed by atoms with E-state index in [4.69, 9.17) is 4.74 Å². The second kappa shape index (κ2) is 8.06. The van der Waals surface area contributed by atoms with Gasteiger partial charge in [-0.1, -0.05) is 18.2 Å². The average molecular weight is 412 g/mol. The molecule has 1 aromatic heterocycles. The maximum atomic E-state index is 13.1. The molecule has 4 rings (SSSR count). The Morgan fingerprint density at radius 1 is 1.23 bits per heavy atom. The van der Waals surface area contributed by atoms with Gasteiger partial charge in [0.05, 0.1) is 19.7 Å². The van der Waals surface area contributed by atoms with Crippen molar-refractivity contribution in [2.24, 2.45) is 11.3 Å². The van der Waals surface area contributed by atoms with Crippen LogP contribution in [0.5, 0.6) is 5.75 Å². The second-order valence-corrected chi connectivity index (χ2v) is 8.60. The number of H-pyrrole nitrogens is 1. The number of likely N-dealkylation sites (tertiary alicyclic amines) is 2. The largest absolute Gasteiger partial charge is 0.496 e. The summed E-state index contributed by atoms with van der Waals surface area (Å²) < 4.78 is 5.40. The van der Waals surface area contributed by atoms with Gasteiger partial charge in [-0.05, 0) is 20.2 Å². The molecule has 0 aliphatic carbocycles. The van der Waals surface area contributed by atoms with E-state index in [1.54, 1.807) is 7.11 Å². The van der Waals surface area contributed by atoms with Gasteiger partial charge in [0.15, 0.2) is 5.69 Å². The first-order valence-corrected chi connectivity index (χ1v) is 10.1. The van der Waals surface area contributed by atoms with Crippen LogP contribution in [0, 0.1) is 11.3 Å². The second-order valence-electron chi connectivity index (χ2n) is 8.60. The molecular weight excluding hydrogens is 384 g/mol. The summed E-state index contributed by atoms with van der Waals surface area (Å²) in [4.78, 5) is 31.8. The lowest BCUT2D eigenvalue weighted by Crippen LogP contribution is -2.44. The lowest BCUT2D eigenvalue weighted by atomic mass is 9.80. The van der Waals surface area contributed by atoms with Gasteiger partial charge in [-0.3, -0.25) is 9.59 Å². The Bertz CT molecular complexity index is 915. The number of carbonyl (C=O) groups is 2. The summed E-state index contributed by atoms with van der Waals surface area (Å²) in [6.45, 7) is 3.35. The highest BCUT2D eigenvalue weighted by molar-refractivity contribution is 5.92. The topological polar surface area (TPSA) is 94.7 Å². The molecule has 2 aliphatic heterocycles. The number of fused-ring (bicyclic) bond motifs is 1. The fourth-order valence-electron chi connectivity index (χ4n) is 4.97. The van der Waals surface area contributed by atoms with E-state index in [2.05, 4.69) is 20.3 Å². The van der Waals surface area contributed by atoms with Gasteiger partial charge in [0, 0.05) is 49.6 Å². The maximum Gasteiger partial charge on any atom is 0.276 e. The average Bonchev–Trinajstić information content (AvgIpc) is 3.42. The Morgan fingerprint density at radius 2 is 1.97 bits per heavy atom. The number of methoxy groups -OCH3 is 1. The van der Waals surface area contributed by atoms with Crippen molar-refractivity contribution in [1.29, 1.82) is 0 Å². The molecule has 2 aromatic rings. The minimum Gasteiger partial charge on any atom is -0.496 e. The first-order valence-electron chi connectivity index (χ1n) is 10.1. The quantitative estimate of drug-likeness (QED) is 0.743. The van der Waals surface area contributed by atoms with E-state index < -0.39 is 0 Å². The normalized spacial score (nSPS) is 23.1. The number of para-hydroxylation sites is 1. The molecule has 9 nitrogen and oxygen atoms in total. The summed E-state index contributed by atoms with van der Waals surface area (Å²) in [7, 11) is 5.69. The molecule has 2 fully saturated rings. The molecule has 1 aromatic carbocycles. The monoisotopic (exact) mass is 412 g/mol. The van der Waals surface area contributed by atoms with Crippen LogP contribution in [0.25, 0.3) is 0 Å². The highest BCUT2D eigenvalue weighted by atomic mass is 16.5. The molecule has 2 atom stereocenters. The Balaban J connectivity index is 1.49. The number of rotatable bonds is 6. The number of benzene rings is 1. The number of ether oxygens (including phenoxy) is 1. The third-order valence-corrected chi connectivity index (χ3v) is 6.20. The molecule has 2 aliphatic rings. The third-order valence-electron chi connectivity index (χ3n) is 6.20. The summed E-state index contributed by atoms with van der Waals surface area (Å²) in [5, 5.41) is 10.2. The molecule has 0 unspecified atom stereocenters. The molecule has 2 saturated heterocycles. The summed E-state index contributed by atoms with van der Waals surface area (Å²) in [5.74, 6) is 0.958. The standard InChI is InChI=1S/C21H28N6O3/c1-25(2)12-21-13-26(19(28)8-15-6-4-5-7-18(15)30-3)10-16(21)11-27(14-21)20(29)17-9-22-24-23-17/h4-7,9,16H,8,10-14H2,1-3H3,(H,22,23,24)/t16-,21+/m1/s1. The fourth-order valence-corrected chi connectivity index (χ4v) is 4.97. The molecule has 0 radical (unpaired) electrons. The molecule has 0 spiro atoms. The third kappa shape index (κ3) is 3.77. The van der Waals surface area contributed by atoms with E-state index in [-0.39, 0.29) is 23.1 Å². The maximum absolute atomic E-state index is 13.1. The number of hydrogen-bond acceptors (Lipinski definition) is 6. The van der Waals surface area contributed by atoms with Gasteiger partial charge in [-0.25, -0.2) is 0 Å². The van der Waals surface area contributed by atoms with Crippen LogP contribution in [0.1, 0.15) is 16.1 Å². The van der Waals surface area contributed by atoms with Gasteiger partial charge in [-0.2, -0.15) is 15.4 Å². The predicted molar refractivity (Wildman–Crippen MR) is 110 cm³/mol. The number of nitrogens with zero attached hydrogens (tertiary/aromatic N) is 5. The summed E-state index contributed by atoms with van der Waals surface area (Å²) >= 11 is 0. The number of carbonyl (C=O) groups excluding carboxylic acids is 2. The van der Waals surface area contributed by atoms with Crippen LogP contribution in [-0.4, -0.2) is 95.9 Å². The minimum absolute atomic E-state index is 0.0985. The van der Waals surface area contributed by atoms with Crippen molar-refractivity contribution in [1.82, 2.24) is 30.1 Å². The van der Waals surface area contributed by atoms with Gasteiger partial charge in [0.2, 0.25) is 5.91 Å². The molecule has 160 valence electrons. The van der Waals surface area contributed by atoms with Crippen molar-refractivity contribution < 1.29 is 14.3 Å². The van der Waals surface area contributed by atoms with Crippen LogP contribution in [0.3, 0.4) is 0 Å². The van der Waals surface area contributed by atoms with E-state index >= 15 is 0 Å². The Kier molecular flexibility index (Phi) is 5.46. The van der Waals surface area contributed by atoms with Gasteiger partial charge in [-0.15, -0.1) is 0 Å². The molecule has 9 heteroatoms. The Labute approximate surface area is 176 Å². The lowest BCUT2D eigenvalue weighted by molar-refractivity contribution is -0.130. The van der Waals surface area contributed by atoms with E-state index in [0.29, 0.717) is 38.3 Å². The van der Waals surface area contributed by atoms with Crippen LogP contribution < -0.4 is 4.74 Å². The number of aromatic nitrogens is 3. The van der Waals surface area contributed by atoms with Crippen LogP contribution in [0.4, 0.5) is 0 Å². The Hall–Kier alpha value is -2.94. The van der Waals surface area contributed by atoms with Crippen molar-refractivity contribution in [3.05, 3.63) is 41.7 Å². The summed E-state index contributed by atoms with van der Waals surface area (Å²) in [6.07, 6.45) is 1.77. The lowest BCUT2D eigenvalue weighted by Gasteiger charge is -2.32. The van der Waals surface area contributed by atoms with E-state index in [1.807, 2.05) is 48.2 Å². The number of nitrogens with one attached hydrogen (secondary N) is 1. The van der Waals surface area contributed by atoms with E-state index in [1.165, 1.54) is 6.20 Å². The first kappa shape index (κ1) is 20.3. The van der Waals surface area contributed by atoms with Crippen LogP contribution in [0.15, 0.2) is 30.5 Å². The van der Waals surface area contributed by atoms with Crippen molar-refractivity contribution in [2.45, 2.75) is 6.42 Å². The fraction of sp³-hybridized carbons (Fsp3) is 0.524. The molecule has 3 heterocycles. The van der Waals surface area contributed by atoms with Gasteiger partial charge in [0.25, 0.3) is 5.91 Å². The van der Waals surface area contributed by atoms with Crippen LogP contribution in [-0.2, 0) is 11.2 Å². The zero-order valence-electron chi connectivity index (χ0n) is 17.7. The predicted octanol–water partition coefficient (Wildman–Crippen LogP) is 0.518. The van der Waals surface area contributed by atoms with E-state index in [9.17, 15) is 9.59 Å². The van der Waals surface area contributed by atoms with Crippen molar-refractivity contribution in [2.75, 3.05) is 53.9 Å². The van der Waals surface area contributed by atoms with Crippen molar-refractivity contribution in [3.63, 3.8) is 0 Å². The molecule has 30 heavy (non-hydrogen) atoms. The summed E-state index contributed by atoms with van der Waals surface area (Å²) in [5.41, 5.74) is 1.09. The van der Waals surface area contributed by atoms with Gasteiger partial charge < -0.3 is 19.4 Å². The highest BCUT2D eigenvalue weighted by Crippen LogP contribution is 2.43. The van der Waals surface area contributed by atoms with Crippen molar-refractivity contribution >= 4 is 11.8 Å². The van der Waals surface area contributed by atoms with Gasteiger partial charge >= 0.3 is 0 Å². The van der Waals surface area contributed by atoms with Crippen molar-refractivity contribution in [3.8, 4) is 5.75 Å². The minimum atomic E-state index is -0.140. The molecule has 0 bridgehead atoms. The SMILES string of the molecule is COc1ccccc1CC(=O)N1C[C@@H]2CN(C(=O)c3cn[nH]n3)C[C@]2(CN(C)C)C1. The number of aromatic amines is 1. The highest BCUT2D eigenvalue weighted by Gasteiger charge is 2.54. The summed E-state index contributed by atoms with van der Waals surface area (Å²) in [6, 6.07) is 7.63. The van der Waals surface area contributed by atoms with Gasteiger partial charge in [0.1, 0.15) is 5.75 Å². The molecular formula is C21H28N6O3. The zero-order valence-corrected chi connectivity index (χ0v) is 17.7. The zero-order chi connectivity index (χ0) is 21.3. The molecule has 2 amide bonds. The van der Waals surface area contributed by atoms with E-state index in [0.717, 1.165) is 17.9 Å². The van der Waals surface area contributed by atoms with Crippen LogP contribution >= 0.6 is 0 Å². The first-order chi connectivity index (χ1) is 14.4. The molecule has 1 N–H and O–H groups in total. The number of hydrogen-bond donors (Lipinski definition) is 1. The van der Waals surface area contributed by atoms with Crippen LogP contribution in [0.2, 0.25) is 0 Å². The Morgan fingerprint density at radius 3 is 2.67 bits per heavy atom. The number of amides is 2. The molecule has 0 saturated carbocycles.